The van der Waals surface area contributed by atoms with Gasteiger partial charge in [0.15, 0.2) is 5.69 Å². The number of hydrogen-bond acceptors (Lipinski definition) is 4. The Hall–Kier alpha value is -2.48. The van der Waals surface area contributed by atoms with Crippen molar-refractivity contribution < 1.29 is 9.18 Å². The third kappa shape index (κ3) is 2.45. The molecule has 21 heavy (non-hydrogen) atoms. The number of benzene rings is 1. The molecule has 0 aliphatic carbocycles. The molecule has 3 rings (SSSR count). The van der Waals surface area contributed by atoms with Gasteiger partial charge in [0.2, 0.25) is 0 Å². The molecule has 0 fully saturated rings. The number of hydrogen-bond donors (Lipinski definition) is 2. The highest BCUT2D eigenvalue weighted by molar-refractivity contribution is 9.10. The predicted molar refractivity (Wildman–Crippen MR) is 78.9 cm³/mol. The van der Waals surface area contributed by atoms with Gasteiger partial charge in [0.1, 0.15) is 18.0 Å². The standard InChI is InChI=1S/C13H9BrFN5O/c14-7-1-2-10(9(15)3-7)19-13-11(12(16)21)18-5-8-4-17-6-20(8)13/h1-6,19H,(H2,16,21). The van der Waals surface area contributed by atoms with Gasteiger partial charge in [-0.25, -0.2) is 14.4 Å². The third-order valence-electron chi connectivity index (χ3n) is 2.88. The highest BCUT2D eigenvalue weighted by Crippen LogP contribution is 2.25. The first-order valence-electron chi connectivity index (χ1n) is 5.89. The molecule has 0 aliphatic rings. The van der Waals surface area contributed by atoms with Crippen molar-refractivity contribution in [3.63, 3.8) is 0 Å². The zero-order valence-electron chi connectivity index (χ0n) is 10.5. The number of nitrogens with zero attached hydrogens (tertiary/aromatic N) is 3. The maximum atomic E-state index is 13.9. The normalized spacial score (nSPS) is 10.8. The van der Waals surface area contributed by atoms with E-state index in [4.69, 9.17) is 5.73 Å². The minimum absolute atomic E-state index is 0.00261. The Morgan fingerprint density at radius 1 is 1.38 bits per heavy atom. The SMILES string of the molecule is NC(=O)c1ncc2cncn2c1Nc1ccc(Br)cc1F. The molecule has 0 saturated carbocycles. The van der Waals surface area contributed by atoms with E-state index in [1.54, 1.807) is 22.7 Å². The summed E-state index contributed by atoms with van der Waals surface area (Å²) in [6, 6.07) is 4.53. The van der Waals surface area contributed by atoms with Crippen LogP contribution in [-0.4, -0.2) is 20.3 Å². The van der Waals surface area contributed by atoms with Crippen LogP contribution in [0.2, 0.25) is 0 Å². The van der Waals surface area contributed by atoms with E-state index in [1.165, 1.54) is 18.6 Å². The van der Waals surface area contributed by atoms with Gasteiger partial charge in [-0.2, -0.15) is 0 Å². The lowest BCUT2D eigenvalue weighted by molar-refractivity contribution is 0.0996. The molecule has 3 N–H and O–H groups in total. The Balaban J connectivity index is 2.16. The van der Waals surface area contributed by atoms with Crippen LogP contribution in [0.15, 0.2) is 41.4 Å². The Labute approximate surface area is 126 Å². The van der Waals surface area contributed by atoms with Crippen molar-refractivity contribution in [2.75, 3.05) is 5.32 Å². The maximum absolute atomic E-state index is 13.9. The molecule has 2 aromatic heterocycles. The minimum atomic E-state index is -0.717. The fourth-order valence-electron chi connectivity index (χ4n) is 1.91. The van der Waals surface area contributed by atoms with Gasteiger partial charge in [-0.1, -0.05) is 15.9 Å². The molecule has 0 atom stereocenters. The molecule has 8 heteroatoms. The fourth-order valence-corrected chi connectivity index (χ4v) is 2.24. The Morgan fingerprint density at radius 2 is 2.19 bits per heavy atom. The van der Waals surface area contributed by atoms with Gasteiger partial charge in [0.25, 0.3) is 5.91 Å². The molecule has 0 aliphatic heterocycles. The number of rotatable bonds is 3. The van der Waals surface area contributed by atoms with Crippen molar-refractivity contribution in [1.82, 2.24) is 14.4 Å². The van der Waals surface area contributed by atoms with E-state index in [1.807, 2.05) is 0 Å². The molecule has 0 spiro atoms. The van der Waals surface area contributed by atoms with Crippen molar-refractivity contribution in [2.45, 2.75) is 0 Å². The average molecular weight is 350 g/mol. The lowest BCUT2D eigenvalue weighted by atomic mass is 10.3. The van der Waals surface area contributed by atoms with Gasteiger partial charge in [-0.15, -0.1) is 0 Å². The minimum Gasteiger partial charge on any atom is -0.364 e. The average Bonchev–Trinajstić information content (AvgIpc) is 2.90. The highest BCUT2D eigenvalue weighted by atomic mass is 79.9. The number of fused-ring (bicyclic) bond motifs is 1. The first-order valence-corrected chi connectivity index (χ1v) is 6.68. The summed E-state index contributed by atoms with van der Waals surface area (Å²) in [5, 5.41) is 2.84. The van der Waals surface area contributed by atoms with Crippen molar-refractivity contribution in [2.24, 2.45) is 5.73 Å². The van der Waals surface area contributed by atoms with E-state index < -0.39 is 11.7 Å². The monoisotopic (exact) mass is 349 g/mol. The topological polar surface area (TPSA) is 85.3 Å². The van der Waals surface area contributed by atoms with Gasteiger partial charge >= 0.3 is 0 Å². The molecule has 1 aromatic carbocycles. The number of aromatic nitrogens is 3. The zero-order chi connectivity index (χ0) is 15.0. The molecule has 6 nitrogen and oxygen atoms in total. The summed E-state index contributed by atoms with van der Waals surface area (Å²) >= 11 is 3.18. The number of halogens is 2. The first-order chi connectivity index (χ1) is 10.1. The zero-order valence-corrected chi connectivity index (χ0v) is 12.1. The molecule has 3 aromatic rings. The second-order valence-corrected chi connectivity index (χ2v) is 5.17. The molecule has 0 bridgehead atoms. The number of nitrogens with one attached hydrogen (secondary N) is 1. The van der Waals surface area contributed by atoms with Crippen LogP contribution in [0.4, 0.5) is 15.9 Å². The Kier molecular flexibility index (Phi) is 3.30. The first kappa shape index (κ1) is 13.5. The van der Waals surface area contributed by atoms with Gasteiger partial charge in [-0.05, 0) is 18.2 Å². The van der Waals surface area contributed by atoms with Crippen molar-refractivity contribution in [3.05, 3.63) is 52.9 Å². The maximum Gasteiger partial charge on any atom is 0.271 e. The second-order valence-electron chi connectivity index (χ2n) is 4.26. The van der Waals surface area contributed by atoms with Crippen molar-refractivity contribution in [3.8, 4) is 0 Å². The summed E-state index contributed by atoms with van der Waals surface area (Å²) in [6.45, 7) is 0. The van der Waals surface area contributed by atoms with Crippen LogP contribution in [0.25, 0.3) is 5.52 Å². The summed E-state index contributed by atoms with van der Waals surface area (Å²) in [5.41, 5.74) is 6.17. The van der Waals surface area contributed by atoms with Crippen LogP contribution in [-0.2, 0) is 0 Å². The Bertz CT molecular complexity index is 848. The number of carbonyl (C=O) groups excluding carboxylic acids is 1. The number of imidazole rings is 1. The van der Waals surface area contributed by atoms with Crippen molar-refractivity contribution >= 4 is 38.9 Å². The lowest BCUT2D eigenvalue weighted by Gasteiger charge is -2.12. The number of carbonyl (C=O) groups is 1. The summed E-state index contributed by atoms with van der Waals surface area (Å²) in [4.78, 5) is 19.5. The number of amides is 1. The summed E-state index contributed by atoms with van der Waals surface area (Å²) in [7, 11) is 0. The van der Waals surface area contributed by atoms with E-state index in [2.05, 4.69) is 31.2 Å². The van der Waals surface area contributed by atoms with E-state index in [9.17, 15) is 9.18 Å². The van der Waals surface area contributed by atoms with Crippen LogP contribution in [0, 0.1) is 5.82 Å². The van der Waals surface area contributed by atoms with Crippen molar-refractivity contribution in [1.29, 1.82) is 0 Å². The summed E-state index contributed by atoms with van der Waals surface area (Å²) in [5.74, 6) is -0.929. The van der Waals surface area contributed by atoms with E-state index >= 15 is 0 Å². The van der Waals surface area contributed by atoms with Gasteiger partial charge < -0.3 is 11.1 Å². The molecular formula is C13H9BrFN5O. The number of nitrogens with two attached hydrogens (primary N) is 1. The molecule has 106 valence electrons. The third-order valence-corrected chi connectivity index (χ3v) is 3.37. The Morgan fingerprint density at radius 3 is 2.90 bits per heavy atom. The van der Waals surface area contributed by atoms with Gasteiger partial charge in [0, 0.05) is 4.47 Å². The van der Waals surface area contributed by atoms with E-state index in [0.717, 1.165) is 0 Å². The largest absolute Gasteiger partial charge is 0.364 e. The van der Waals surface area contributed by atoms with Crippen LogP contribution in [0.1, 0.15) is 10.5 Å². The van der Waals surface area contributed by atoms with Crippen LogP contribution >= 0.6 is 15.9 Å². The molecule has 1 amide bonds. The second kappa shape index (κ2) is 5.13. The van der Waals surface area contributed by atoms with E-state index in [-0.39, 0.29) is 17.2 Å². The molecular weight excluding hydrogens is 341 g/mol. The fraction of sp³-hybridized carbons (Fsp3) is 0. The van der Waals surface area contributed by atoms with E-state index in [0.29, 0.717) is 9.99 Å². The van der Waals surface area contributed by atoms with Crippen LogP contribution in [0.5, 0.6) is 0 Å². The van der Waals surface area contributed by atoms with Gasteiger partial charge in [0.05, 0.1) is 23.6 Å². The quantitative estimate of drug-likeness (QED) is 0.760. The van der Waals surface area contributed by atoms with Crippen LogP contribution < -0.4 is 11.1 Å². The number of primary amides is 1. The predicted octanol–water partition coefficient (Wildman–Crippen LogP) is 2.47. The highest BCUT2D eigenvalue weighted by Gasteiger charge is 2.15. The molecule has 0 unspecified atom stereocenters. The number of anilines is 2. The lowest BCUT2D eigenvalue weighted by Crippen LogP contribution is -2.17. The van der Waals surface area contributed by atoms with Gasteiger partial charge in [-0.3, -0.25) is 9.20 Å². The summed E-state index contributed by atoms with van der Waals surface area (Å²) < 4.78 is 16.1. The summed E-state index contributed by atoms with van der Waals surface area (Å²) in [6.07, 6.45) is 4.53. The molecule has 0 radical (unpaired) electrons. The molecule has 2 heterocycles. The van der Waals surface area contributed by atoms with Crippen LogP contribution in [0.3, 0.4) is 0 Å². The smallest absolute Gasteiger partial charge is 0.271 e. The molecule has 0 saturated heterocycles.